The number of sulfone groups is 1. The van der Waals surface area contributed by atoms with Crippen LogP contribution in [0.3, 0.4) is 0 Å². The molecule has 0 bridgehead atoms. The molecule has 3 rings (SSSR count). The van der Waals surface area contributed by atoms with E-state index in [1.807, 2.05) is 0 Å². The molecule has 0 unspecified atom stereocenters. The smallest absolute Gasteiger partial charge is 0.295 e. The fourth-order valence-corrected chi connectivity index (χ4v) is 3.95. The largest absolute Gasteiger partial charge is 0.340 e. The van der Waals surface area contributed by atoms with Gasteiger partial charge in [-0.2, -0.15) is 0 Å². The Morgan fingerprint density at radius 2 is 1.80 bits per heavy atom. The summed E-state index contributed by atoms with van der Waals surface area (Å²) in [5.41, 5.74) is -0.0631. The molecule has 0 aliphatic heterocycles. The standard InChI is InChI=1S/C16H16F4N2O2S/c1-25(23,24)12-7-10(17)9(6-11(12)18)14-13(8-4-2-3-5-8)21-16(22-14)15(19)20/h6-8,15H,2-5H2,1H3,(H,21,22). The summed E-state index contributed by atoms with van der Waals surface area (Å²) < 4.78 is 77.6. The average molecular weight is 376 g/mol. The minimum atomic E-state index is -3.95. The zero-order valence-corrected chi connectivity index (χ0v) is 14.1. The Morgan fingerprint density at radius 3 is 2.36 bits per heavy atom. The number of imidazole rings is 1. The highest BCUT2D eigenvalue weighted by Gasteiger charge is 2.28. The lowest BCUT2D eigenvalue weighted by molar-refractivity contribution is 0.141. The molecule has 0 radical (unpaired) electrons. The molecule has 1 heterocycles. The van der Waals surface area contributed by atoms with Gasteiger partial charge >= 0.3 is 0 Å². The summed E-state index contributed by atoms with van der Waals surface area (Å²) in [6.07, 6.45) is 1.19. The van der Waals surface area contributed by atoms with Crippen LogP contribution in [0.25, 0.3) is 11.3 Å². The maximum atomic E-state index is 14.5. The Hall–Kier alpha value is -1.90. The van der Waals surface area contributed by atoms with Crippen molar-refractivity contribution in [2.75, 3.05) is 6.26 Å². The summed E-state index contributed by atoms with van der Waals surface area (Å²) in [4.78, 5) is 5.52. The minimum absolute atomic E-state index is 0.0846. The Kier molecular flexibility index (Phi) is 4.61. The molecule has 1 aromatic heterocycles. The van der Waals surface area contributed by atoms with Gasteiger partial charge in [0.2, 0.25) is 0 Å². The van der Waals surface area contributed by atoms with Crippen LogP contribution in [-0.2, 0) is 9.84 Å². The predicted octanol–water partition coefficient (Wildman–Crippen LogP) is 4.35. The van der Waals surface area contributed by atoms with E-state index in [9.17, 15) is 26.0 Å². The number of aromatic nitrogens is 2. The third-order valence-electron chi connectivity index (χ3n) is 4.40. The zero-order valence-electron chi connectivity index (χ0n) is 13.3. The molecular formula is C16H16F4N2O2S. The van der Waals surface area contributed by atoms with Crippen molar-refractivity contribution in [2.24, 2.45) is 0 Å². The monoisotopic (exact) mass is 376 g/mol. The van der Waals surface area contributed by atoms with E-state index in [2.05, 4.69) is 9.97 Å². The Labute approximate surface area is 142 Å². The van der Waals surface area contributed by atoms with E-state index in [4.69, 9.17) is 0 Å². The van der Waals surface area contributed by atoms with Gasteiger partial charge in [0.25, 0.3) is 6.43 Å². The van der Waals surface area contributed by atoms with Crippen molar-refractivity contribution < 1.29 is 26.0 Å². The lowest BCUT2D eigenvalue weighted by Crippen LogP contribution is -2.04. The summed E-state index contributed by atoms with van der Waals surface area (Å²) in [5.74, 6) is -2.86. The van der Waals surface area contributed by atoms with E-state index in [0.29, 0.717) is 17.8 Å². The van der Waals surface area contributed by atoms with Crippen LogP contribution < -0.4 is 0 Å². The second-order valence-electron chi connectivity index (χ2n) is 6.20. The summed E-state index contributed by atoms with van der Waals surface area (Å²) in [6.45, 7) is 0. The van der Waals surface area contributed by atoms with Gasteiger partial charge in [-0.25, -0.2) is 31.0 Å². The van der Waals surface area contributed by atoms with Crippen LogP contribution in [-0.4, -0.2) is 24.6 Å². The number of alkyl halides is 2. The molecule has 1 fully saturated rings. The van der Waals surface area contributed by atoms with E-state index >= 15 is 0 Å². The quantitative estimate of drug-likeness (QED) is 0.807. The van der Waals surface area contributed by atoms with Crippen LogP contribution in [0.1, 0.15) is 49.5 Å². The maximum Gasteiger partial charge on any atom is 0.295 e. The first kappa shape index (κ1) is 17.9. The van der Waals surface area contributed by atoms with E-state index in [-0.39, 0.29) is 17.2 Å². The number of H-pyrrole nitrogens is 1. The van der Waals surface area contributed by atoms with Crippen LogP contribution in [0.4, 0.5) is 17.6 Å². The Morgan fingerprint density at radius 1 is 1.16 bits per heavy atom. The van der Waals surface area contributed by atoms with Crippen LogP contribution in [0.2, 0.25) is 0 Å². The molecular weight excluding hydrogens is 360 g/mol. The third-order valence-corrected chi connectivity index (χ3v) is 5.51. The lowest BCUT2D eigenvalue weighted by Gasteiger charge is -2.11. The molecule has 1 N–H and O–H groups in total. The highest BCUT2D eigenvalue weighted by atomic mass is 32.2. The summed E-state index contributed by atoms with van der Waals surface area (Å²) in [5, 5.41) is 0. The van der Waals surface area contributed by atoms with Crippen molar-refractivity contribution in [1.82, 2.24) is 9.97 Å². The van der Waals surface area contributed by atoms with Crippen LogP contribution in [0.15, 0.2) is 17.0 Å². The van der Waals surface area contributed by atoms with E-state index in [1.165, 1.54) is 0 Å². The van der Waals surface area contributed by atoms with Gasteiger partial charge in [-0.05, 0) is 25.0 Å². The number of rotatable bonds is 4. The van der Waals surface area contributed by atoms with Crippen molar-refractivity contribution in [3.8, 4) is 11.3 Å². The number of hydrogen-bond acceptors (Lipinski definition) is 3. The van der Waals surface area contributed by atoms with Crippen molar-refractivity contribution >= 4 is 9.84 Å². The molecule has 9 heteroatoms. The van der Waals surface area contributed by atoms with Crippen molar-refractivity contribution in [2.45, 2.75) is 42.9 Å². The second-order valence-corrected chi connectivity index (χ2v) is 8.19. The molecule has 2 aromatic rings. The van der Waals surface area contributed by atoms with Crippen molar-refractivity contribution in [1.29, 1.82) is 0 Å². The number of halogens is 4. The first-order valence-electron chi connectivity index (χ1n) is 7.76. The van der Waals surface area contributed by atoms with E-state index in [0.717, 1.165) is 31.9 Å². The van der Waals surface area contributed by atoms with E-state index in [1.54, 1.807) is 0 Å². The van der Waals surface area contributed by atoms with Gasteiger partial charge < -0.3 is 4.98 Å². The molecule has 25 heavy (non-hydrogen) atoms. The number of aromatic amines is 1. The fourth-order valence-electron chi connectivity index (χ4n) is 3.22. The van der Waals surface area contributed by atoms with Crippen LogP contribution >= 0.6 is 0 Å². The first-order valence-corrected chi connectivity index (χ1v) is 9.65. The van der Waals surface area contributed by atoms with Gasteiger partial charge in [-0.3, -0.25) is 0 Å². The van der Waals surface area contributed by atoms with Gasteiger partial charge in [-0.15, -0.1) is 0 Å². The predicted molar refractivity (Wildman–Crippen MR) is 83.2 cm³/mol. The summed E-state index contributed by atoms with van der Waals surface area (Å²) >= 11 is 0. The average Bonchev–Trinajstić information content (AvgIpc) is 3.16. The van der Waals surface area contributed by atoms with Crippen molar-refractivity contribution in [3.63, 3.8) is 0 Å². The Balaban J connectivity index is 2.17. The van der Waals surface area contributed by atoms with Gasteiger partial charge in [0.05, 0.1) is 5.69 Å². The molecule has 4 nitrogen and oxygen atoms in total. The SMILES string of the molecule is CS(=O)(=O)c1cc(F)c(-c2nc(C(F)F)[nH]c2C2CCCC2)cc1F. The van der Waals surface area contributed by atoms with Gasteiger partial charge in [0.1, 0.15) is 16.5 Å². The molecule has 136 valence electrons. The fraction of sp³-hybridized carbons (Fsp3) is 0.438. The summed E-state index contributed by atoms with van der Waals surface area (Å²) in [7, 11) is -3.95. The second kappa shape index (κ2) is 6.44. The van der Waals surface area contributed by atoms with Gasteiger partial charge in [0.15, 0.2) is 15.7 Å². The molecule has 0 atom stereocenters. The maximum absolute atomic E-state index is 14.5. The molecule has 1 aliphatic rings. The van der Waals surface area contributed by atoms with Crippen molar-refractivity contribution in [3.05, 3.63) is 35.3 Å². The molecule has 0 saturated heterocycles. The molecule has 0 spiro atoms. The number of nitrogens with one attached hydrogen (secondary N) is 1. The third kappa shape index (κ3) is 3.42. The number of benzene rings is 1. The molecule has 1 saturated carbocycles. The van der Waals surface area contributed by atoms with Crippen LogP contribution in [0.5, 0.6) is 0 Å². The first-order chi connectivity index (χ1) is 11.7. The number of nitrogens with zero attached hydrogens (tertiary/aromatic N) is 1. The zero-order chi connectivity index (χ0) is 18.4. The number of hydrogen-bond donors (Lipinski definition) is 1. The Bertz CT molecular complexity index is 903. The molecule has 1 aliphatic carbocycles. The van der Waals surface area contributed by atoms with Crippen LogP contribution in [0, 0.1) is 11.6 Å². The summed E-state index contributed by atoms with van der Waals surface area (Å²) in [6, 6.07) is 1.27. The minimum Gasteiger partial charge on any atom is -0.340 e. The van der Waals surface area contributed by atoms with Gasteiger partial charge in [-0.1, -0.05) is 12.8 Å². The normalized spacial score (nSPS) is 16.1. The van der Waals surface area contributed by atoms with Gasteiger partial charge in [0, 0.05) is 23.4 Å². The lowest BCUT2D eigenvalue weighted by atomic mass is 9.98. The topological polar surface area (TPSA) is 62.8 Å². The highest BCUT2D eigenvalue weighted by Crippen LogP contribution is 2.40. The molecule has 0 amide bonds. The molecule has 1 aromatic carbocycles. The highest BCUT2D eigenvalue weighted by molar-refractivity contribution is 7.90. The van der Waals surface area contributed by atoms with E-state index < -0.39 is 38.6 Å².